The van der Waals surface area contributed by atoms with Crippen molar-refractivity contribution in [3.63, 3.8) is 0 Å². The van der Waals surface area contributed by atoms with E-state index in [1.165, 1.54) is 24.2 Å². The van der Waals surface area contributed by atoms with Gasteiger partial charge in [0, 0.05) is 25.6 Å². The molecule has 1 aromatic rings. The first-order valence-corrected chi connectivity index (χ1v) is 6.98. The molecule has 0 saturated heterocycles. The van der Waals surface area contributed by atoms with Crippen molar-refractivity contribution >= 4 is 22.4 Å². The summed E-state index contributed by atoms with van der Waals surface area (Å²) in [5, 5.41) is 11.3. The fourth-order valence-electron chi connectivity index (χ4n) is 1.54. The van der Waals surface area contributed by atoms with Gasteiger partial charge in [-0.3, -0.25) is 4.79 Å². The second-order valence-corrected chi connectivity index (χ2v) is 5.47. The van der Waals surface area contributed by atoms with Gasteiger partial charge >= 0.3 is 5.97 Å². The fourth-order valence-corrected chi connectivity index (χ4v) is 2.36. The highest BCUT2D eigenvalue weighted by Crippen LogP contribution is 2.28. The molecule has 0 atom stereocenters. The van der Waals surface area contributed by atoms with Crippen molar-refractivity contribution in [2.75, 3.05) is 31.7 Å². The van der Waals surface area contributed by atoms with Crippen molar-refractivity contribution in [3.05, 3.63) is 11.1 Å². The summed E-state index contributed by atoms with van der Waals surface area (Å²) in [6, 6.07) is 0. The molecule has 0 spiro atoms. The molecule has 0 radical (unpaired) electrons. The molecule has 1 aliphatic carbocycles. The zero-order chi connectivity index (χ0) is 13.0. The van der Waals surface area contributed by atoms with E-state index in [2.05, 4.69) is 4.98 Å². The van der Waals surface area contributed by atoms with Crippen molar-refractivity contribution in [2.45, 2.75) is 19.3 Å². The average molecular weight is 270 g/mol. The summed E-state index contributed by atoms with van der Waals surface area (Å²) in [7, 11) is 1.95. The maximum Gasteiger partial charge on any atom is 0.309 e. The van der Waals surface area contributed by atoms with Crippen LogP contribution in [-0.2, 0) is 16.0 Å². The van der Waals surface area contributed by atoms with Crippen molar-refractivity contribution in [3.8, 4) is 0 Å². The second-order valence-electron chi connectivity index (χ2n) is 4.63. The van der Waals surface area contributed by atoms with Crippen LogP contribution in [0, 0.1) is 5.92 Å². The lowest BCUT2D eigenvalue weighted by atomic mass is 10.3. The highest BCUT2D eigenvalue weighted by molar-refractivity contribution is 7.13. The molecule has 0 amide bonds. The van der Waals surface area contributed by atoms with E-state index in [9.17, 15) is 4.79 Å². The van der Waals surface area contributed by atoms with E-state index in [0.717, 1.165) is 24.2 Å². The SMILES string of the molecule is CN(CCOCC1CC1)c1nc(CC(=O)O)cs1. The van der Waals surface area contributed by atoms with Crippen molar-refractivity contribution in [1.82, 2.24) is 4.98 Å². The van der Waals surface area contributed by atoms with Crippen molar-refractivity contribution < 1.29 is 14.6 Å². The number of aromatic nitrogens is 1. The minimum Gasteiger partial charge on any atom is -0.481 e. The number of nitrogens with zero attached hydrogens (tertiary/aromatic N) is 2. The molecular formula is C12H18N2O3S. The smallest absolute Gasteiger partial charge is 0.309 e. The van der Waals surface area contributed by atoms with E-state index in [1.54, 1.807) is 5.38 Å². The van der Waals surface area contributed by atoms with Gasteiger partial charge < -0.3 is 14.7 Å². The molecule has 0 aliphatic heterocycles. The molecule has 1 heterocycles. The molecule has 5 nitrogen and oxygen atoms in total. The Morgan fingerprint density at radius 3 is 3.11 bits per heavy atom. The van der Waals surface area contributed by atoms with Gasteiger partial charge in [-0.2, -0.15) is 0 Å². The van der Waals surface area contributed by atoms with E-state index in [0.29, 0.717) is 12.3 Å². The van der Waals surface area contributed by atoms with Gasteiger partial charge in [0.2, 0.25) is 0 Å². The quantitative estimate of drug-likeness (QED) is 0.727. The highest BCUT2D eigenvalue weighted by atomic mass is 32.1. The summed E-state index contributed by atoms with van der Waals surface area (Å²) >= 11 is 1.47. The monoisotopic (exact) mass is 270 g/mol. The molecule has 0 unspecified atom stereocenters. The summed E-state index contributed by atoms with van der Waals surface area (Å²) in [5.74, 6) is -0.0559. The van der Waals surface area contributed by atoms with Gasteiger partial charge in [-0.15, -0.1) is 11.3 Å². The number of carboxylic acid groups (broad SMARTS) is 1. The Balaban J connectivity index is 1.71. The number of aliphatic carboxylic acids is 1. The van der Waals surface area contributed by atoms with Gasteiger partial charge in [0.25, 0.3) is 0 Å². The van der Waals surface area contributed by atoms with E-state index in [1.807, 2.05) is 11.9 Å². The van der Waals surface area contributed by atoms with Crippen LogP contribution in [0.1, 0.15) is 18.5 Å². The van der Waals surface area contributed by atoms with E-state index in [4.69, 9.17) is 9.84 Å². The largest absolute Gasteiger partial charge is 0.481 e. The number of carbonyl (C=O) groups is 1. The first-order chi connectivity index (χ1) is 8.65. The maximum absolute atomic E-state index is 10.6. The van der Waals surface area contributed by atoms with Crippen LogP contribution < -0.4 is 4.90 Å². The Hall–Kier alpha value is -1.14. The van der Waals surface area contributed by atoms with Crippen LogP contribution in [0.15, 0.2) is 5.38 Å². The summed E-state index contributed by atoms with van der Waals surface area (Å²) in [6.45, 7) is 2.35. The normalized spacial score (nSPS) is 14.7. The Morgan fingerprint density at radius 1 is 1.67 bits per heavy atom. The minimum absolute atomic E-state index is 0.0114. The molecule has 2 rings (SSSR count). The first kappa shape index (κ1) is 13.3. The zero-order valence-electron chi connectivity index (χ0n) is 10.5. The number of ether oxygens (including phenoxy) is 1. The van der Waals surface area contributed by atoms with Crippen LogP contribution in [0.4, 0.5) is 5.13 Å². The third-order valence-electron chi connectivity index (χ3n) is 2.82. The third kappa shape index (κ3) is 4.27. The van der Waals surface area contributed by atoms with Crippen LogP contribution in [-0.4, -0.2) is 42.9 Å². The second kappa shape index (κ2) is 6.15. The average Bonchev–Trinajstić information content (AvgIpc) is 3.03. The maximum atomic E-state index is 10.6. The van der Waals surface area contributed by atoms with E-state index >= 15 is 0 Å². The summed E-state index contributed by atoms with van der Waals surface area (Å²) < 4.78 is 5.56. The molecule has 6 heteroatoms. The van der Waals surface area contributed by atoms with Gasteiger partial charge in [0.05, 0.1) is 18.7 Å². The minimum atomic E-state index is -0.845. The van der Waals surface area contributed by atoms with Crippen LogP contribution in [0.25, 0.3) is 0 Å². The zero-order valence-corrected chi connectivity index (χ0v) is 11.3. The Kier molecular flexibility index (Phi) is 4.54. The van der Waals surface area contributed by atoms with Crippen LogP contribution in [0.2, 0.25) is 0 Å². The number of hydrogen-bond acceptors (Lipinski definition) is 5. The number of anilines is 1. The van der Waals surface area contributed by atoms with Gasteiger partial charge in [-0.05, 0) is 18.8 Å². The van der Waals surface area contributed by atoms with Crippen molar-refractivity contribution in [1.29, 1.82) is 0 Å². The lowest BCUT2D eigenvalue weighted by molar-refractivity contribution is -0.136. The summed E-state index contributed by atoms with van der Waals surface area (Å²) in [4.78, 5) is 16.8. The van der Waals surface area contributed by atoms with Gasteiger partial charge in [-0.1, -0.05) is 0 Å². The fraction of sp³-hybridized carbons (Fsp3) is 0.667. The first-order valence-electron chi connectivity index (χ1n) is 6.10. The van der Waals surface area contributed by atoms with Gasteiger partial charge in [0.15, 0.2) is 5.13 Å². The van der Waals surface area contributed by atoms with E-state index in [-0.39, 0.29) is 6.42 Å². The number of likely N-dealkylation sites (N-methyl/N-ethyl adjacent to an activating group) is 1. The number of carboxylic acids is 1. The molecule has 0 bridgehead atoms. The Bertz CT molecular complexity index is 404. The Morgan fingerprint density at radius 2 is 2.44 bits per heavy atom. The summed E-state index contributed by atoms with van der Waals surface area (Å²) in [6.07, 6.45) is 2.60. The number of thiazole rings is 1. The predicted molar refractivity (Wildman–Crippen MR) is 70.3 cm³/mol. The molecule has 18 heavy (non-hydrogen) atoms. The molecule has 100 valence electrons. The summed E-state index contributed by atoms with van der Waals surface area (Å²) in [5.41, 5.74) is 0.619. The van der Waals surface area contributed by atoms with Gasteiger partial charge in [0.1, 0.15) is 0 Å². The number of hydrogen-bond donors (Lipinski definition) is 1. The standard InChI is InChI=1S/C12H18N2O3S/c1-14(4-5-17-7-9-2-3-9)12-13-10(8-18-12)6-11(15)16/h8-9H,2-7H2,1H3,(H,15,16). The predicted octanol–water partition coefficient (Wildman–Crippen LogP) is 1.63. The third-order valence-corrected chi connectivity index (χ3v) is 3.82. The molecular weight excluding hydrogens is 252 g/mol. The lowest BCUT2D eigenvalue weighted by Crippen LogP contribution is -2.22. The van der Waals surface area contributed by atoms with Crippen LogP contribution in [0.3, 0.4) is 0 Å². The topological polar surface area (TPSA) is 62.7 Å². The molecule has 1 aliphatic rings. The molecule has 1 aromatic heterocycles. The molecule has 0 aromatic carbocycles. The van der Waals surface area contributed by atoms with Gasteiger partial charge in [-0.25, -0.2) is 4.98 Å². The molecule has 1 fully saturated rings. The lowest BCUT2D eigenvalue weighted by Gasteiger charge is -2.15. The number of rotatable bonds is 8. The molecule has 1 saturated carbocycles. The van der Waals surface area contributed by atoms with Crippen molar-refractivity contribution in [2.24, 2.45) is 5.92 Å². The van der Waals surface area contributed by atoms with Crippen LogP contribution in [0.5, 0.6) is 0 Å². The highest BCUT2D eigenvalue weighted by Gasteiger charge is 2.21. The van der Waals surface area contributed by atoms with E-state index < -0.39 is 5.97 Å². The Labute approximate surface area is 110 Å². The molecule has 1 N–H and O–H groups in total. The van der Waals surface area contributed by atoms with Crippen LogP contribution >= 0.6 is 11.3 Å².